The smallest absolute Gasteiger partial charge is 0.154 e. The van der Waals surface area contributed by atoms with Gasteiger partial charge in [0.15, 0.2) is 9.84 Å². The highest BCUT2D eigenvalue weighted by Gasteiger charge is 2.35. The van der Waals surface area contributed by atoms with Crippen molar-refractivity contribution in [2.24, 2.45) is 5.84 Å². The maximum Gasteiger partial charge on any atom is 0.154 e. The Hall–Kier alpha value is -0.170. The molecule has 1 heterocycles. The lowest BCUT2D eigenvalue weighted by atomic mass is 10.1. The first kappa shape index (κ1) is 12.9. The van der Waals surface area contributed by atoms with E-state index in [9.17, 15) is 8.42 Å². The molecule has 0 saturated carbocycles. The van der Waals surface area contributed by atoms with Gasteiger partial charge in [0.05, 0.1) is 23.7 Å². The van der Waals surface area contributed by atoms with Crippen molar-refractivity contribution in [2.75, 3.05) is 19.0 Å². The zero-order valence-electron chi connectivity index (χ0n) is 9.11. The summed E-state index contributed by atoms with van der Waals surface area (Å²) in [5.74, 6) is 5.65. The van der Waals surface area contributed by atoms with E-state index in [-0.39, 0.29) is 17.0 Å². The quantitative estimate of drug-likeness (QED) is 0.511. The van der Waals surface area contributed by atoms with Crippen molar-refractivity contribution in [3.05, 3.63) is 0 Å². The van der Waals surface area contributed by atoms with Gasteiger partial charge < -0.3 is 4.74 Å². The van der Waals surface area contributed by atoms with E-state index in [0.717, 1.165) is 12.8 Å². The van der Waals surface area contributed by atoms with Gasteiger partial charge in [-0.1, -0.05) is 6.42 Å². The molecule has 2 unspecified atom stereocenters. The number of nitrogens with one attached hydrogen (secondary N) is 1. The Morgan fingerprint density at radius 3 is 2.80 bits per heavy atom. The SMILES string of the molecule is CCOCC(NN)C1CCCCS1(=O)=O. The lowest BCUT2D eigenvalue weighted by Gasteiger charge is -2.29. The van der Waals surface area contributed by atoms with Gasteiger partial charge in [-0.25, -0.2) is 8.42 Å². The first-order valence-corrected chi connectivity index (χ1v) is 7.08. The van der Waals surface area contributed by atoms with E-state index >= 15 is 0 Å². The third kappa shape index (κ3) is 3.41. The van der Waals surface area contributed by atoms with Crippen LogP contribution in [-0.4, -0.2) is 38.7 Å². The van der Waals surface area contributed by atoms with Gasteiger partial charge in [0.1, 0.15) is 0 Å². The molecule has 90 valence electrons. The molecule has 0 aromatic rings. The van der Waals surface area contributed by atoms with Crippen molar-refractivity contribution in [3.63, 3.8) is 0 Å². The van der Waals surface area contributed by atoms with Crippen LogP contribution in [0, 0.1) is 0 Å². The number of hydrogen-bond donors (Lipinski definition) is 2. The molecule has 0 bridgehead atoms. The van der Waals surface area contributed by atoms with Crippen molar-refractivity contribution in [1.29, 1.82) is 0 Å². The molecule has 0 aromatic heterocycles. The number of sulfone groups is 1. The molecule has 0 aromatic carbocycles. The van der Waals surface area contributed by atoms with E-state index < -0.39 is 9.84 Å². The van der Waals surface area contributed by atoms with E-state index in [1.165, 1.54) is 0 Å². The molecule has 1 saturated heterocycles. The molecule has 0 aliphatic carbocycles. The average molecular weight is 236 g/mol. The second-order valence-corrected chi connectivity index (χ2v) is 6.17. The molecule has 2 atom stereocenters. The number of rotatable bonds is 5. The third-order valence-electron chi connectivity index (χ3n) is 2.79. The van der Waals surface area contributed by atoms with Gasteiger partial charge in [0.25, 0.3) is 0 Å². The van der Waals surface area contributed by atoms with Gasteiger partial charge in [0, 0.05) is 6.61 Å². The van der Waals surface area contributed by atoms with Crippen LogP contribution in [-0.2, 0) is 14.6 Å². The minimum Gasteiger partial charge on any atom is -0.380 e. The standard InChI is InChI=1S/C9H20N2O3S/c1-2-14-7-8(11-10)9-5-3-4-6-15(9,12)13/h8-9,11H,2-7,10H2,1H3. The van der Waals surface area contributed by atoms with Crippen LogP contribution in [0.4, 0.5) is 0 Å². The zero-order chi connectivity index (χ0) is 11.3. The molecule has 1 aliphatic rings. The van der Waals surface area contributed by atoms with Crippen LogP contribution < -0.4 is 11.3 Å². The first-order chi connectivity index (χ1) is 7.11. The minimum absolute atomic E-state index is 0.280. The Bertz CT molecular complexity index is 279. The summed E-state index contributed by atoms with van der Waals surface area (Å²) in [6.45, 7) is 2.81. The second kappa shape index (κ2) is 5.79. The zero-order valence-corrected chi connectivity index (χ0v) is 9.92. The Morgan fingerprint density at radius 2 is 2.27 bits per heavy atom. The van der Waals surface area contributed by atoms with Crippen molar-refractivity contribution in [2.45, 2.75) is 37.5 Å². The fourth-order valence-electron chi connectivity index (χ4n) is 1.94. The molecular weight excluding hydrogens is 216 g/mol. The Balaban J connectivity index is 2.64. The summed E-state index contributed by atoms with van der Waals surface area (Å²) in [6, 6.07) is -0.282. The highest BCUT2D eigenvalue weighted by Crippen LogP contribution is 2.22. The molecule has 5 nitrogen and oxygen atoms in total. The van der Waals surface area contributed by atoms with Crippen LogP contribution in [0.2, 0.25) is 0 Å². The molecule has 0 spiro atoms. The van der Waals surface area contributed by atoms with Crippen LogP contribution in [0.1, 0.15) is 26.2 Å². The maximum atomic E-state index is 11.8. The maximum absolute atomic E-state index is 11.8. The van der Waals surface area contributed by atoms with Gasteiger partial charge in [-0.3, -0.25) is 11.3 Å². The Kier molecular flexibility index (Phi) is 4.98. The highest BCUT2D eigenvalue weighted by atomic mass is 32.2. The molecule has 1 fully saturated rings. The fraction of sp³-hybridized carbons (Fsp3) is 1.00. The van der Waals surface area contributed by atoms with Crippen molar-refractivity contribution in [3.8, 4) is 0 Å². The Labute approximate surface area is 91.3 Å². The van der Waals surface area contributed by atoms with Gasteiger partial charge in [-0.15, -0.1) is 0 Å². The summed E-state index contributed by atoms with van der Waals surface area (Å²) < 4.78 is 28.8. The Morgan fingerprint density at radius 1 is 1.53 bits per heavy atom. The van der Waals surface area contributed by atoms with Crippen LogP contribution >= 0.6 is 0 Å². The van der Waals surface area contributed by atoms with Crippen LogP contribution in [0.25, 0.3) is 0 Å². The topological polar surface area (TPSA) is 81.4 Å². The summed E-state index contributed by atoms with van der Waals surface area (Å²) >= 11 is 0. The first-order valence-electron chi connectivity index (χ1n) is 5.37. The molecule has 15 heavy (non-hydrogen) atoms. The number of ether oxygens (including phenoxy) is 1. The highest BCUT2D eigenvalue weighted by molar-refractivity contribution is 7.92. The van der Waals surface area contributed by atoms with Crippen LogP contribution in [0.15, 0.2) is 0 Å². The van der Waals surface area contributed by atoms with E-state index in [1.54, 1.807) is 0 Å². The van der Waals surface area contributed by atoms with E-state index in [4.69, 9.17) is 10.6 Å². The minimum atomic E-state index is -2.99. The number of hydrazine groups is 1. The summed E-state index contributed by atoms with van der Waals surface area (Å²) in [6.07, 6.45) is 2.41. The van der Waals surface area contributed by atoms with Gasteiger partial charge in [-0.05, 0) is 19.8 Å². The molecule has 0 radical (unpaired) electrons. The van der Waals surface area contributed by atoms with Gasteiger partial charge in [0.2, 0.25) is 0 Å². The van der Waals surface area contributed by atoms with Crippen LogP contribution in [0.5, 0.6) is 0 Å². The lowest BCUT2D eigenvalue weighted by Crippen LogP contribution is -2.51. The summed E-state index contributed by atoms with van der Waals surface area (Å²) in [4.78, 5) is 0. The molecule has 3 N–H and O–H groups in total. The van der Waals surface area contributed by atoms with Crippen molar-refractivity contribution >= 4 is 9.84 Å². The van der Waals surface area contributed by atoms with Gasteiger partial charge >= 0.3 is 0 Å². The largest absolute Gasteiger partial charge is 0.380 e. The monoisotopic (exact) mass is 236 g/mol. The summed E-state index contributed by atoms with van der Waals surface area (Å²) in [5, 5.41) is -0.386. The van der Waals surface area contributed by atoms with E-state index in [1.807, 2.05) is 6.92 Å². The van der Waals surface area contributed by atoms with Gasteiger partial charge in [-0.2, -0.15) is 0 Å². The number of nitrogens with two attached hydrogens (primary N) is 1. The molecule has 0 amide bonds. The fourth-order valence-corrected chi connectivity index (χ4v) is 4.03. The van der Waals surface area contributed by atoms with E-state index in [2.05, 4.69) is 5.43 Å². The average Bonchev–Trinajstić information content (AvgIpc) is 2.20. The van der Waals surface area contributed by atoms with Crippen molar-refractivity contribution < 1.29 is 13.2 Å². The molecular formula is C9H20N2O3S. The molecule has 6 heteroatoms. The summed E-state index contributed by atoms with van der Waals surface area (Å²) in [7, 11) is -2.99. The molecule has 1 aliphatic heterocycles. The predicted octanol–water partition coefficient (Wildman–Crippen LogP) is -0.178. The lowest BCUT2D eigenvalue weighted by molar-refractivity contribution is 0.119. The van der Waals surface area contributed by atoms with Crippen molar-refractivity contribution in [1.82, 2.24) is 5.43 Å². The second-order valence-electron chi connectivity index (χ2n) is 3.83. The normalized spacial score (nSPS) is 27.5. The molecule has 1 rings (SSSR count). The van der Waals surface area contributed by atoms with Crippen LogP contribution in [0.3, 0.4) is 0 Å². The van der Waals surface area contributed by atoms with E-state index in [0.29, 0.717) is 19.6 Å². The number of hydrogen-bond acceptors (Lipinski definition) is 5. The third-order valence-corrected chi connectivity index (χ3v) is 5.14. The predicted molar refractivity (Wildman–Crippen MR) is 59.0 cm³/mol. The summed E-state index contributed by atoms with van der Waals surface area (Å²) in [5.41, 5.74) is 2.56.